The molecule has 0 aromatic carbocycles. The van der Waals surface area contributed by atoms with Gasteiger partial charge in [0, 0.05) is 12.6 Å². The molecule has 2 fully saturated rings. The lowest BCUT2D eigenvalue weighted by Crippen LogP contribution is -2.53. The molecule has 0 amide bonds. The second-order valence-electron chi connectivity index (χ2n) is 8.89. The van der Waals surface area contributed by atoms with Crippen molar-refractivity contribution in [2.75, 3.05) is 26.2 Å². The first kappa shape index (κ1) is 16.3. The molecule has 2 heterocycles. The van der Waals surface area contributed by atoms with Gasteiger partial charge in [0.1, 0.15) is 0 Å². The molecule has 2 heteroatoms. The zero-order valence-corrected chi connectivity index (χ0v) is 14.5. The summed E-state index contributed by atoms with van der Waals surface area (Å²) < 4.78 is 0. The smallest absolute Gasteiger partial charge is 0.0246 e. The van der Waals surface area contributed by atoms with E-state index < -0.39 is 0 Å². The summed E-state index contributed by atoms with van der Waals surface area (Å²) in [4.78, 5) is 2.73. The molecule has 0 saturated carbocycles. The van der Waals surface area contributed by atoms with Crippen molar-refractivity contribution in [3.63, 3.8) is 0 Å². The van der Waals surface area contributed by atoms with Crippen molar-refractivity contribution in [1.82, 2.24) is 10.2 Å². The van der Waals surface area contributed by atoms with Gasteiger partial charge in [-0.15, -0.1) is 0 Å². The van der Waals surface area contributed by atoms with Crippen LogP contribution in [0.4, 0.5) is 0 Å². The molecule has 0 bridgehead atoms. The van der Waals surface area contributed by atoms with E-state index >= 15 is 0 Å². The third-order valence-corrected chi connectivity index (χ3v) is 5.82. The summed E-state index contributed by atoms with van der Waals surface area (Å²) in [5.41, 5.74) is 0.951. The lowest BCUT2D eigenvalue weighted by molar-refractivity contribution is 0.125. The van der Waals surface area contributed by atoms with Crippen LogP contribution >= 0.6 is 0 Å². The van der Waals surface area contributed by atoms with Gasteiger partial charge in [-0.2, -0.15) is 0 Å². The van der Waals surface area contributed by atoms with E-state index in [-0.39, 0.29) is 0 Å². The maximum absolute atomic E-state index is 3.78. The molecule has 2 atom stereocenters. The Kier molecular flexibility index (Phi) is 5.18. The van der Waals surface area contributed by atoms with E-state index in [0.29, 0.717) is 16.9 Å². The van der Waals surface area contributed by atoms with E-state index in [0.717, 1.165) is 5.92 Å². The normalized spacial score (nSPS) is 32.9. The molecular formula is C18H36N2. The van der Waals surface area contributed by atoms with E-state index in [1.165, 1.54) is 58.3 Å². The molecule has 2 unspecified atom stereocenters. The van der Waals surface area contributed by atoms with Gasteiger partial charge in [0.2, 0.25) is 0 Å². The average molecular weight is 281 g/mol. The van der Waals surface area contributed by atoms with Gasteiger partial charge >= 0.3 is 0 Å². The Balaban J connectivity index is 1.88. The zero-order valence-electron chi connectivity index (χ0n) is 14.5. The van der Waals surface area contributed by atoms with Crippen LogP contribution in [0.15, 0.2) is 0 Å². The van der Waals surface area contributed by atoms with Crippen molar-refractivity contribution in [1.29, 1.82) is 0 Å². The maximum Gasteiger partial charge on any atom is 0.0246 e. The topological polar surface area (TPSA) is 15.3 Å². The summed E-state index contributed by atoms with van der Waals surface area (Å²) in [6.45, 7) is 17.2. The Morgan fingerprint density at radius 1 is 1.10 bits per heavy atom. The minimum absolute atomic E-state index is 0.466. The number of rotatable bonds is 2. The molecule has 20 heavy (non-hydrogen) atoms. The highest BCUT2D eigenvalue weighted by Gasteiger charge is 2.34. The van der Waals surface area contributed by atoms with Gasteiger partial charge in [0.25, 0.3) is 0 Å². The zero-order chi connectivity index (χ0) is 14.8. The van der Waals surface area contributed by atoms with Crippen LogP contribution in [0.2, 0.25) is 0 Å². The van der Waals surface area contributed by atoms with Gasteiger partial charge in [-0.05, 0) is 68.5 Å². The third-order valence-electron chi connectivity index (χ3n) is 5.82. The number of nitrogens with zero attached hydrogens (tertiary/aromatic N) is 1. The Bertz CT molecular complexity index is 303. The molecule has 1 N–H and O–H groups in total. The second-order valence-corrected chi connectivity index (χ2v) is 8.89. The Labute approximate surface area is 126 Å². The van der Waals surface area contributed by atoms with Crippen molar-refractivity contribution >= 4 is 0 Å². The van der Waals surface area contributed by atoms with E-state index in [4.69, 9.17) is 0 Å². The molecule has 0 radical (unpaired) electrons. The summed E-state index contributed by atoms with van der Waals surface area (Å²) in [5, 5.41) is 3.78. The van der Waals surface area contributed by atoms with Gasteiger partial charge < -0.3 is 10.2 Å². The molecule has 2 saturated heterocycles. The van der Waals surface area contributed by atoms with Crippen LogP contribution in [0.3, 0.4) is 0 Å². The summed E-state index contributed by atoms with van der Waals surface area (Å²) >= 11 is 0. The van der Waals surface area contributed by atoms with Crippen LogP contribution in [-0.4, -0.2) is 37.1 Å². The van der Waals surface area contributed by atoms with Gasteiger partial charge in [0.15, 0.2) is 0 Å². The van der Waals surface area contributed by atoms with Gasteiger partial charge in [-0.3, -0.25) is 0 Å². The monoisotopic (exact) mass is 280 g/mol. The number of likely N-dealkylation sites (tertiary alicyclic amines) is 1. The first-order valence-electron chi connectivity index (χ1n) is 8.75. The molecular weight excluding hydrogens is 244 g/mol. The summed E-state index contributed by atoms with van der Waals surface area (Å²) in [6, 6.07) is 0.683. The van der Waals surface area contributed by atoms with Crippen LogP contribution in [0, 0.1) is 16.7 Å². The first-order valence-corrected chi connectivity index (χ1v) is 8.75. The molecule has 118 valence electrons. The molecule has 2 aliphatic heterocycles. The predicted molar refractivity (Wildman–Crippen MR) is 88.0 cm³/mol. The molecule has 2 rings (SSSR count). The van der Waals surface area contributed by atoms with E-state index in [9.17, 15) is 0 Å². The Hall–Kier alpha value is -0.0800. The fourth-order valence-electron chi connectivity index (χ4n) is 4.05. The van der Waals surface area contributed by atoms with Crippen LogP contribution in [-0.2, 0) is 0 Å². The fourth-order valence-corrected chi connectivity index (χ4v) is 4.05. The average Bonchev–Trinajstić information content (AvgIpc) is 2.57. The van der Waals surface area contributed by atoms with Crippen molar-refractivity contribution in [2.45, 2.75) is 72.8 Å². The Morgan fingerprint density at radius 3 is 2.50 bits per heavy atom. The largest absolute Gasteiger partial charge is 0.312 e. The Morgan fingerprint density at radius 2 is 1.85 bits per heavy atom. The maximum atomic E-state index is 3.78. The summed E-state index contributed by atoms with van der Waals surface area (Å²) in [6.07, 6.45) is 6.91. The standard InChI is InChI=1S/C18H36N2/c1-17(2,3)15-8-6-12-20(13-9-15)14-16-18(4,5)10-7-11-19-16/h15-16,19H,6-14H2,1-5H3. The number of nitrogens with one attached hydrogen (secondary N) is 1. The van der Waals surface area contributed by atoms with Crippen molar-refractivity contribution in [3.8, 4) is 0 Å². The predicted octanol–water partition coefficient (Wildman–Crippen LogP) is 3.91. The van der Waals surface area contributed by atoms with Crippen molar-refractivity contribution in [3.05, 3.63) is 0 Å². The lowest BCUT2D eigenvalue weighted by Gasteiger charge is -2.42. The van der Waals surface area contributed by atoms with E-state index in [1.807, 2.05) is 0 Å². The second kappa shape index (κ2) is 6.36. The quantitative estimate of drug-likeness (QED) is 0.825. The van der Waals surface area contributed by atoms with Gasteiger partial charge in [-0.25, -0.2) is 0 Å². The molecule has 0 aliphatic carbocycles. The highest BCUT2D eigenvalue weighted by molar-refractivity contribution is 4.91. The third kappa shape index (κ3) is 4.21. The van der Waals surface area contributed by atoms with Crippen LogP contribution < -0.4 is 5.32 Å². The van der Waals surface area contributed by atoms with Crippen molar-refractivity contribution in [2.24, 2.45) is 16.7 Å². The summed E-state index contributed by atoms with van der Waals surface area (Å²) in [5.74, 6) is 0.903. The van der Waals surface area contributed by atoms with Crippen molar-refractivity contribution < 1.29 is 0 Å². The molecule has 2 nitrogen and oxygen atoms in total. The fraction of sp³-hybridized carbons (Fsp3) is 1.00. The minimum Gasteiger partial charge on any atom is -0.312 e. The molecule has 2 aliphatic rings. The molecule has 0 aromatic heterocycles. The first-order chi connectivity index (χ1) is 9.29. The number of piperidine rings is 1. The highest BCUT2D eigenvalue weighted by Crippen LogP contribution is 2.35. The van der Waals surface area contributed by atoms with Crippen LogP contribution in [0.25, 0.3) is 0 Å². The molecule has 0 spiro atoms. The van der Waals surface area contributed by atoms with E-state index in [2.05, 4.69) is 44.8 Å². The minimum atomic E-state index is 0.466. The van der Waals surface area contributed by atoms with Gasteiger partial charge in [-0.1, -0.05) is 34.6 Å². The van der Waals surface area contributed by atoms with Crippen LogP contribution in [0.5, 0.6) is 0 Å². The van der Waals surface area contributed by atoms with E-state index in [1.54, 1.807) is 0 Å². The lowest BCUT2D eigenvalue weighted by atomic mass is 9.76. The highest BCUT2D eigenvalue weighted by atomic mass is 15.2. The van der Waals surface area contributed by atoms with Crippen LogP contribution in [0.1, 0.15) is 66.7 Å². The van der Waals surface area contributed by atoms with Gasteiger partial charge in [0.05, 0.1) is 0 Å². The molecule has 0 aromatic rings. The SMILES string of the molecule is CC(C)(C)C1CCCN(CC2NCCCC2(C)C)CC1. The number of hydrogen-bond acceptors (Lipinski definition) is 2. The number of hydrogen-bond donors (Lipinski definition) is 1. The summed E-state index contributed by atoms with van der Waals surface area (Å²) in [7, 11) is 0.